The second kappa shape index (κ2) is 9.28. The lowest BCUT2D eigenvalue weighted by molar-refractivity contribution is -0.150. The van der Waals surface area contributed by atoms with Gasteiger partial charge in [0.15, 0.2) is 0 Å². The number of benzene rings is 3. The number of likely N-dealkylation sites (tertiary alicyclic amines) is 1. The van der Waals surface area contributed by atoms with Crippen LogP contribution in [0.4, 0.5) is 4.79 Å². The molecule has 3 aromatic rings. The highest BCUT2D eigenvalue weighted by atomic mass is 79.9. The molecule has 1 aliphatic carbocycles. The largest absolute Gasteiger partial charge is 0.480 e. The van der Waals surface area contributed by atoms with Crippen LogP contribution >= 0.6 is 15.9 Å². The summed E-state index contributed by atoms with van der Waals surface area (Å²) in [6, 6.07) is 24.1. The zero-order valence-electron chi connectivity index (χ0n) is 20.1. The van der Waals surface area contributed by atoms with Gasteiger partial charge in [0.25, 0.3) is 0 Å². The first kappa shape index (κ1) is 24.2. The second-order valence-electron chi connectivity index (χ2n) is 9.99. The monoisotopic (exact) mass is 563 g/mol. The summed E-state index contributed by atoms with van der Waals surface area (Å²) in [7, 11) is 0. The van der Waals surface area contributed by atoms with Gasteiger partial charge in [-0.2, -0.15) is 0 Å². The van der Waals surface area contributed by atoms with Crippen LogP contribution in [0.2, 0.25) is 0 Å². The van der Waals surface area contributed by atoms with Crippen LogP contribution in [0.3, 0.4) is 0 Å². The molecule has 0 bridgehead atoms. The van der Waals surface area contributed by atoms with Crippen molar-refractivity contribution in [1.29, 1.82) is 0 Å². The number of rotatable bonds is 6. The van der Waals surface area contributed by atoms with Gasteiger partial charge in [-0.25, -0.2) is 9.59 Å². The van der Waals surface area contributed by atoms with Crippen molar-refractivity contribution >= 4 is 28.0 Å². The minimum Gasteiger partial charge on any atom is -0.480 e. The molecule has 7 nitrogen and oxygen atoms in total. The minimum absolute atomic E-state index is 0.00351. The predicted molar refractivity (Wildman–Crippen MR) is 139 cm³/mol. The summed E-state index contributed by atoms with van der Waals surface area (Å²) < 4.78 is 18.8. The molecule has 2 aliphatic heterocycles. The normalized spacial score (nSPS) is 21.4. The fraction of sp³-hybridized carbons (Fsp3) is 0.310. The molecule has 3 aliphatic rings. The van der Waals surface area contributed by atoms with E-state index < -0.39 is 23.8 Å². The van der Waals surface area contributed by atoms with E-state index in [4.69, 9.17) is 14.2 Å². The van der Waals surface area contributed by atoms with Crippen molar-refractivity contribution in [3.05, 3.63) is 94.0 Å². The van der Waals surface area contributed by atoms with E-state index in [1.165, 1.54) is 22.3 Å². The Kier molecular flexibility index (Phi) is 6.06. The molecule has 2 saturated heterocycles. The van der Waals surface area contributed by atoms with Crippen molar-refractivity contribution in [2.24, 2.45) is 0 Å². The molecule has 3 aromatic carbocycles. The minimum atomic E-state index is -1.04. The Bertz CT molecular complexity index is 1310. The Labute approximate surface area is 223 Å². The summed E-state index contributed by atoms with van der Waals surface area (Å²) >= 11 is 3.44. The van der Waals surface area contributed by atoms with E-state index in [1.807, 2.05) is 48.5 Å². The highest BCUT2D eigenvalue weighted by molar-refractivity contribution is 9.10. The molecule has 1 unspecified atom stereocenters. The smallest absolute Gasteiger partial charge is 0.409 e. The molecule has 0 aromatic heterocycles. The van der Waals surface area contributed by atoms with E-state index in [2.05, 4.69) is 40.2 Å². The third kappa shape index (κ3) is 4.33. The van der Waals surface area contributed by atoms with Crippen molar-refractivity contribution < 1.29 is 28.9 Å². The molecule has 190 valence electrons. The molecular formula is C29H26BrNO6. The fourth-order valence-corrected chi connectivity index (χ4v) is 6.14. The lowest BCUT2D eigenvalue weighted by atomic mass is 9.81. The first-order valence-electron chi connectivity index (χ1n) is 12.2. The predicted octanol–water partition coefficient (Wildman–Crippen LogP) is 5.17. The number of halogens is 1. The maximum atomic E-state index is 13.0. The van der Waals surface area contributed by atoms with Crippen LogP contribution in [0.15, 0.2) is 77.3 Å². The first-order valence-corrected chi connectivity index (χ1v) is 13.0. The van der Waals surface area contributed by atoms with Gasteiger partial charge in [0.2, 0.25) is 0 Å². The van der Waals surface area contributed by atoms with Crippen LogP contribution in [-0.2, 0) is 24.6 Å². The average Bonchev–Trinajstić information content (AvgIpc) is 3.43. The van der Waals surface area contributed by atoms with E-state index in [1.54, 1.807) is 4.90 Å². The number of carboxylic acid groups (broad SMARTS) is 1. The van der Waals surface area contributed by atoms with Crippen molar-refractivity contribution in [3.8, 4) is 11.1 Å². The summed E-state index contributed by atoms with van der Waals surface area (Å²) in [4.78, 5) is 25.9. The first-order chi connectivity index (χ1) is 17.9. The summed E-state index contributed by atoms with van der Waals surface area (Å²) in [5.41, 5.74) is 4.10. The third-order valence-corrected chi connectivity index (χ3v) is 8.14. The molecule has 0 radical (unpaired) electrons. The number of ether oxygens (including phenoxy) is 3. The summed E-state index contributed by atoms with van der Waals surface area (Å²) in [6.45, 7) is 0.810. The third-order valence-electron chi connectivity index (χ3n) is 7.61. The summed E-state index contributed by atoms with van der Waals surface area (Å²) in [5.74, 6) is -1.03. The number of carbonyl (C=O) groups is 2. The molecular weight excluding hydrogens is 538 g/mol. The molecule has 1 atom stereocenters. The fourth-order valence-electron chi connectivity index (χ4n) is 5.87. The van der Waals surface area contributed by atoms with Gasteiger partial charge in [0.1, 0.15) is 24.4 Å². The zero-order chi connectivity index (χ0) is 25.6. The number of nitrogens with zero attached hydrogens (tertiary/aromatic N) is 1. The standard InChI is InChI=1S/C29H26BrNO6/c30-20-11-9-19(10-12-20)29(36-14-26(32)33)15-28(37-18-29)16-31(17-28)27(34)35-13-25-23-7-3-1-5-21(23)22-6-2-4-8-24(22)25/h1-12,25H,13-18H2,(H,32,33). The van der Waals surface area contributed by atoms with Crippen LogP contribution in [0, 0.1) is 0 Å². The molecule has 8 heteroatoms. The van der Waals surface area contributed by atoms with Crippen LogP contribution in [0.5, 0.6) is 0 Å². The number of carbonyl (C=O) groups excluding carboxylic acids is 1. The number of carboxylic acids is 1. The van der Waals surface area contributed by atoms with Gasteiger partial charge in [-0.1, -0.05) is 76.6 Å². The Morgan fingerprint density at radius 1 is 0.973 bits per heavy atom. The van der Waals surface area contributed by atoms with Crippen molar-refractivity contribution in [2.45, 2.75) is 23.5 Å². The van der Waals surface area contributed by atoms with Crippen LogP contribution in [-0.4, -0.2) is 60.6 Å². The Morgan fingerprint density at radius 3 is 2.22 bits per heavy atom. The average molecular weight is 564 g/mol. The van der Waals surface area contributed by atoms with E-state index in [-0.39, 0.29) is 25.2 Å². The van der Waals surface area contributed by atoms with Gasteiger partial charge in [-0.3, -0.25) is 0 Å². The van der Waals surface area contributed by atoms with Crippen LogP contribution in [0.1, 0.15) is 29.0 Å². The van der Waals surface area contributed by atoms with Gasteiger partial charge in [-0.05, 0) is 39.9 Å². The van der Waals surface area contributed by atoms with E-state index >= 15 is 0 Å². The number of hydrogen-bond donors (Lipinski definition) is 1. The lowest BCUT2D eigenvalue weighted by Crippen LogP contribution is -2.63. The van der Waals surface area contributed by atoms with E-state index in [0.29, 0.717) is 19.5 Å². The topological polar surface area (TPSA) is 85.3 Å². The summed E-state index contributed by atoms with van der Waals surface area (Å²) in [5, 5.41) is 9.22. The maximum Gasteiger partial charge on any atom is 0.409 e. The zero-order valence-corrected chi connectivity index (χ0v) is 21.6. The van der Waals surface area contributed by atoms with Gasteiger partial charge < -0.3 is 24.2 Å². The number of fused-ring (bicyclic) bond motifs is 3. The molecule has 1 amide bonds. The Balaban J connectivity index is 1.11. The van der Waals surface area contributed by atoms with Crippen LogP contribution in [0.25, 0.3) is 11.1 Å². The van der Waals surface area contributed by atoms with Crippen LogP contribution < -0.4 is 0 Å². The molecule has 1 N–H and O–H groups in total. The molecule has 37 heavy (non-hydrogen) atoms. The van der Waals surface area contributed by atoms with Crippen molar-refractivity contribution in [1.82, 2.24) is 4.90 Å². The Morgan fingerprint density at radius 2 is 1.59 bits per heavy atom. The number of hydrogen-bond acceptors (Lipinski definition) is 5. The quantitative estimate of drug-likeness (QED) is 0.445. The molecule has 1 spiro atoms. The second-order valence-corrected chi connectivity index (χ2v) is 10.9. The maximum absolute atomic E-state index is 13.0. The SMILES string of the molecule is O=C(O)COC1(c2ccc(Br)cc2)COC2(CN(C(=O)OCC3c4ccccc4-c4ccccc43)C2)C1. The Hall–Kier alpha value is -3.20. The van der Waals surface area contributed by atoms with Gasteiger partial charge in [-0.15, -0.1) is 0 Å². The van der Waals surface area contributed by atoms with E-state index in [0.717, 1.165) is 10.0 Å². The highest BCUT2D eigenvalue weighted by Gasteiger charge is 2.58. The lowest BCUT2D eigenvalue weighted by Gasteiger charge is -2.46. The molecule has 2 heterocycles. The van der Waals surface area contributed by atoms with E-state index in [9.17, 15) is 14.7 Å². The number of aliphatic carboxylic acids is 1. The van der Waals surface area contributed by atoms with Gasteiger partial charge >= 0.3 is 12.1 Å². The summed E-state index contributed by atoms with van der Waals surface area (Å²) in [6.07, 6.45) is 0.0888. The van der Waals surface area contributed by atoms with Gasteiger partial charge in [0, 0.05) is 16.8 Å². The molecule has 6 rings (SSSR count). The highest BCUT2D eigenvalue weighted by Crippen LogP contribution is 2.48. The van der Waals surface area contributed by atoms with Crippen molar-refractivity contribution in [2.75, 3.05) is 32.9 Å². The number of amides is 1. The molecule has 0 saturated carbocycles. The van der Waals surface area contributed by atoms with Crippen molar-refractivity contribution in [3.63, 3.8) is 0 Å². The molecule has 2 fully saturated rings. The van der Waals surface area contributed by atoms with Gasteiger partial charge in [0.05, 0.1) is 19.7 Å².